The van der Waals surface area contributed by atoms with E-state index in [0.717, 1.165) is 22.7 Å². The summed E-state index contributed by atoms with van der Waals surface area (Å²) in [6, 6.07) is 14.6. The Morgan fingerprint density at radius 2 is 1.93 bits per heavy atom. The second-order valence-electron chi connectivity index (χ2n) is 5.83. The number of allylic oxidation sites excluding steroid dienone is 1. The minimum Gasteiger partial charge on any atom is -0.497 e. The minimum atomic E-state index is -0.302. The van der Waals surface area contributed by atoms with E-state index in [0.29, 0.717) is 26.2 Å². The van der Waals surface area contributed by atoms with Crippen LogP contribution in [0.15, 0.2) is 65.7 Å². The highest BCUT2D eigenvalue weighted by Gasteiger charge is 2.34. The van der Waals surface area contributed by atoms with Crippen LogP contribution in [0.2, 0.25) is 0 Å². The number of benzene rings is 2. The topological polar surface area (TPSA) is 62.4 Å². The van der Waals surface area contributed by atoms with E-state index in [2.05, 4.69) is 4.98 Å². The average molecular weight is 394 g/mol. The van der Waals surface area contributed by atoms with Gasteiger partial charge in [-0.05, 0) is 30.3 Å². The summed E-state index contributed by atoms with van der Waals surface area (Å²) < 4.78 is 5.53. The lowest BCUT2D eigenvalue weighted by Gasteiger charge is -2.14. The van der Waals surface area contributed by atoms with Crippen LogP contribution in [0.25, 0.3) is 10.9 Å². The van der Waals surface area contributed by atoms with Crippen molar-refractivity contribution < 1.29 is 14.3 Å². The highest BCUT2D eigenvalue weighted by atomic mass is 32.2. The zero-order valence-corrected chi connectivity index (χ0v) is 15.9. The molecule has 134 valence electrons. The predicted octanol–water partition coefficient (Wildman–Crippen LogP) is 4.31. The third-order valence-corrected chi connectivity index (χ3v) is 5.54. The largest absolute Gasteiger partial charge is 0.497 e. The second-order valence-corrected chi connectivity index (χ2v) is 7.50. The van der Waals surface area contributed by atoms with Gasteiger partial charge < -0.3 is 9.72 Å². The summed E-state index contributed by atoms with van der Waals surface area (Å²) in [6.07, 6.45) is 3.02. The molecule has 5 nitrogen and oxygen atoms in total. The van der Waals surface area contributed by atoms with Crippen molar-refractivity contribution in [2.45, 2.75) is 0 Å². The number of anilines is 1. The van der Waals surface area contributed by atoms with Crippen molar-refractivity contribution in [2.75, 3.05) is 12.0 Å². The summed E-state index contributed by atoms with van der Waals surface area (Å²) in [7, 11) is 1.58. The van der Waals surface area contributed by atoms with Gasteiger partial charge in [0.25, 0.3) is 5.91 Å². The molecule has 1 aromatic heterocycles. The Labute approximate surface area is 165 Å². The quantitative estimate of drug-likeness (QED) is 0.406. The molecular weight excluding hydrogens is 380 g/mol. The maximum absolute atomic E-state index is 12.8. The number of thiocarbonyl (C=S) groups is 1. The number of methoxy groups -OCH3 is 1. The Bertz CT molecular complexity index is 1100. The van der Waals surface area contributed by atoms with Gasteiger partial charge in [-0.1, -0.05) is 42.2 Å². The molecule has 4 rings (SSSR count). The Morgan fingerprint density at radius 3 is 2.67 bits per heavy atom. The molecule has 0 saturated carbocycles. The molecule has 2 aromatic carbocycles. The molecule has 1 saturated heterocycles. The molecule has 0 spiro atoms. The van der Waals surface area contributed by atoms with Gasteiger partial charge >= 0.3 is 0 Å². The maximum Gasteiger partial charge on any atom is 0.270 e. The third-order valence-electron chi connectivity index (χ3n) is 4.24. The lowest BCUT2D eigenvalue weighted by molar-refractivity contribution is -0.113. The van der Waals surface area contributed by atoms with Gasteiger partial charge in [-0.25, -0.2) is 0 Å². The van der Waals surface area contributed by atoms with Crippen LogP contribution in [0, 0.1) is 0 Å². The summed E-state index contributed by atoms with van der Waals surface area (Å²) >= 11 is 6.47. The van der Waals surface area contributed by atoms with Crippen LogP contribution in [0.1, 0.15) is 10.4 Å². The van der Waals surface area contributed by atoms with E-state index >= 15 is 0 Å². The fraction of sp³-hybridized carbons (Fsp3) is 0.0500. The molecule has 1 fully saturated rings. The van der Waals surface area contributed by atoms with Gasteiger partial charge in [0.2, 0.25) is 0 Å². The third kappa shape index (κ3) is 3.15. The predicted molar refractivity (Wildman–Crippen MR) is 111 cm³/mol. The highest BCUT2D eigenvalue weighted by molar-refractivity contribution is 8.27. The number of ketones is 1. The number of fused-ring (bicyclic) bond motifs is 1. The van der Waals surface area contributed by atoms with Gasteiger partial charge in [-0.2, -0.15) is 0 Å². The van der Waals surface area contributed by atoms with Gasteiger partial charge in [0.1, 0.15) is 5.75 Å². The van der Waals surface area contributed by atoms with E-state index < -0.39 is 0 Å². The Hall–Kier alpha value is -2.90. The number of nitrogens with zero attached hydrogens (tertiary/aromatic N) is 1. The molecule has 1 N–H and O–H groups in total. The number of carbonyl (C=O) groups excluding carboxylic acids is 2. The highest BCUT2D eigenvalue weighted by Crippen LogP contribution is 2.35. The molecule has 3 aromatic rings. The fourth-order valence-electron chi connectivity index (χ4n) is 2.89. The number of nitrogens with one attached hydrogen (secondary N) is 1. The van der Waals surface area contributed by atoms with Crippen molar-refractivity contribution in [3.05, 3.63) is 71.3 Å². The molecule has 1 aliphatic heterocycles. The monoisotopic (exact) mass is 394 g/mol. The molecule has 27 heavy (non-hydrogen) atoms. The smallest absolute Gasteiger partial charge is 0.270 e. The summed E-state index contributed by atoms with van der Waals surface area (Å²) in [6.45, 7) is 0. The Kier molecular flexibility index (Phi) is 4.55. The lowest BCUT2D eigenvalue weighted by atomic mass is 10.1. The van der Waals surface area contributed by atoms with Crippen molar-refractivity contribution >= 4 is 56.6 Å². The van der Waals surface area contributed by atoms with Crippen molar-refractivity contribution in [2.24, 2.45) is 0 Å². The summed E-state index contributed by atoms with van der Waals surface area (Å²) in [5.41, 5.74) is 2.04. The van der Waals surface area contributed by atoms with Crippen molar-refractivity contribution in [3.8, 4) is 5.75 Å². The number of H-pyrrole nitrogens is 1. The van der Waals surface area contributed by atoms with Crippen molar-refractivity contribution in [1.29, 1.82) is 0 Å². The fourth-order valence-corrected chi connectivity index (χ4v) is 4.16. The molecule has 0 aliphatic carbocycles. The summed E-state index contributed by atoms with van der Waals surface area (Å²) in [5.74, 6) is 0.153. The van der Waals surface area contributed by atoms with E-state index in [1.165, 1.54) is 11.0 Å². The SMILES string of the molecule is COc1ccc(N2C(=O)/C(=C\C(=O)c3c[nH]c4ccccc34)SC2=S)cc1. The van der Waals surface area contributed by atoms with Crippen molar-refractivity contribution in [1.82, 2.24) is 4.98 Å². The van der Waals surface area contributed by atoms with E-state index in [-0.39, 0.29) is 11.7 Å². The molecule has 0 bridgehead atoms. The molecule has 0 atom stereocenters. The zero-order valence-electron chi connectivity index (χ0n) is 14.3. The first-order chi connectivity index (χ1) is 13.1. The van der Waals surface area contributed by atoms with Crippen LogP contribution < -0.4 is 9.64 Å². The van der Waals surface area contributed by atoms with E-state index in [1.807, 2.05) is 24.3 Å². The maximum atomic E-state index is 12.8. The number of thioether (sulfide) groups is 1. The number of ether oxygens (including phenoxy) is 1. The number of hydrogen-bond donors (Lipinski definition) is 1. The van der Waals surface area contributed by atoms with Crippen LogP contribution >= 0.6 is 24.0 Å². The molecule has 0 unspecified atom stereocenters. The summed E-state index contributed by atoms with van der Waals surface area (Å²) in [4.78, 5) is 30.3. The number of para-hydroxylation sites is 1. The number of aromatic nitrogens is 1. The number of carbonyl (C=O) groups is 2. The van der Waals surface area contributed by atoms with Gasteiger partial charge in [0.15, 0.2) is 10.1 Å². The van der Waals surface area contributed by atoms with E-state index in [4.69, 9.17) is 17.0 Å². The number of aromatic amines is 1. The van der Waals surface area contributed by atoms with E-state index in [9.17, 15) is 9.59 Å². The van der Waals surface area contributed by atoms with Gasteiger partial charge in [0, 0.05) is 28.7 Å². The first-order valence-corrected chi connectivity index (χ1v) is 9.33. The van der Waals surface area contributed by atoms with Gasteiger partial charge in [-0.15, -0.1) is 0 Å². The molecule has 1 amide bonds. The molecule has 1 aliphatic rings. The number of rotatable bonds is 4. The zero-order chi connectivity index (χ0) is 19.0. The van der Waals surface area contributed by atoms with Crippen LogP contribution in [-0.4, -0.2) is 28.1 Å². The van der Waals surface area contributed by atoms with Crippen LogP contribution in [0.5, 0.6) is 5.75 Å². The Balaban J connectivity index is 1.63. The standard InChI is InChI=1S/C20H14N2O3S2/c1-25-13-8-6-12(7-9-13)22-19(24)18(27-20(22)26)10-17(23)15-11-21-16-5-3-2-4-14(15)16/h2-11,21H,1H3/b18-10+. The van der Waals surface area contributed by atoms with Crippen LogP contribution in [-0.2, 0) is 4.79 Å². The lowest BCUT2D eigenvalue weighted by Crippen LogP contribution is -2.27. The number of hydrogen-bond acceptors (Lipinski definition) is 5. The van der Waals surface area contributed by atoms with Crippen molar-refractivity contribution in [3.63, 3.8) is 0 Å². The number of amides is 1. The summed E-state index contributed by atoms with van der Waals surface area (Å²) in [5, 5.41) is 0.824. The molecular formula is C20H14N2O3S2. The first-order valence-electron chi connectivity index (χ1n) is 8.11. The minimum absolute atomic E-state index is 0.234. The second kappa shape index (κ2) is 7.02. The van der Waals surface area contributed by atoms with Gasteiger partial charge in [0.05, 0.1) is 17.7 Å². The van der Waals surface area contributed by atoms with Gasteiger partial charge in [-0.3, -0.25) is 14.5 Å². The molecule has 0 radical (unpaired) electrons. The molecule has 7 heteroatoms. The first kappa shape index (κ1) is 17.5. The normalized spacial score (nSPS) is 15.7. The van der Waals surface area contributed by atoms with Crippen LogP contribution in [0.3, 0.4) is 0 Å². The Morgan fingerprint density at radius 1 is 1.19 bits per heavy atom. The average Bonchev–Trinajstić information content (AvgIpc) is 3.23. The van der Waals surface area contributed by atoms with E-state index in [1.54, 1.807) is 37.6 Å². The molecule has 2 heterocycles. The van der Waals surface area contributed by atoms with Crippen LogP contribution in [0.4, 0.5) is 5.69 Å².